The summed E-state index contributed by atoms with van der Waals surface area (Å²) in [4.78, 5) is 19.6. The molecule has 1 saturated heterocycles. The Kier molecular flexibility index (Phi) is 6.05. The van der Waals surface area contributed by atoms with Crippen LogP contribution in [0, 0.1) is 0 Å². The molecule has 0 spiro atoms. The minimum Gasteiger partial charge on any atom is -0.481 e. The summed E-state index contributed by atoms with van der Waals surface area (Å²) in [6.45, 7) is 2.48. The van der Waals surface area contributed by atoms with Gasteiger partial charge in [-0.3, -0.25) is 9.59 Å². The first-order valence-corrected chi connectivity index (χ1v) is 4.04. The van der Waals surface area contributed by atoms with E-state index in [2.05, 4.69) is 4.74 Å². The van der Waals surface area contributed by atoms with Gasteiger partial charge in [0.2, 0.25) is 0 Å². The van der Waals surface area contributed by atoms with E-state index in [0.29, 0.717) is 19.4 Å². The number of hydrogen-bond donors (Lipinski definition) is 1. The Balaban J connectivity index is 0.000000202. The maximum absolute atomic E-state index is 10.0. The van der Waals surface area contributed by atoms with Crippen molar-refractivity contribution in [3.63, 3.8) is 0 Å². The molecule has 0 saturated carbocycles. The monoisotopic (exact) mass is 174 g/mol. The van der Waals surface area contributed by atoms with E-state index in [1.165, 1.54) is 0 Å². The molecule has 4 heteroatoms. The highest BCUT2D eigenvalue weighted by Crippen LogP contribution is 2.01. The van der Waals surface area contributed by atoms with Gasteiger partial charge < -0.3 is 9.84 Å². The lowest BCUT2D eigenvalue weighted by atomic mass is 10.4. The average Bonchev–Trinajstić information content (AvgIpc) is 2.40. The van der Waals surface area contributed by atoms with Gasteiger partial charge in [-0.15, -0.1) is 0 Å². The highest BCUT2D eigenvalue weighted by Gasteiger charge is 2.08. The molecule has 0 radical (unpaired) electrons. The standard InChI is InChI=1S/C4H6O2.C4H8O2/c5-4-2-1-3-6-4;1-2-3-4(5)6/h1-3H2;2-3H2,1H3,(H,5,6). The largest absolute Gasteiger partial charge is 0.481 e. The molecular formula is C8H14O4. The molecule has 0 aromatic heterocycles. The molecule has 1 heterocycles. The number of carbonyl (C=O) groups is 2. The van der Waals surface area contributed by atoms with Crippen LogP contribution in [-0.4, -0.2) is 23.7 Å². The van der Waals surface area contributed by atoms with Gasteiger partial charge in [-0.25, -0.2) is 0 Å². The van der Waals surface area contributed by atoms with Crippen LogP contribution in [0.5, 0.6) is 0 Å². The van der Waals surface area contributed by atoms with Crippen molar-refractivity contribution < 1.29 is 19.4 Å². The summed E-state index contributed by atoms with van der Waals surface area (Å²) in [5.74, 6) is -0.757. The molecule has 0 atom stereocenters. The van der Waals surface area contributed by atoms with E-state index in [4.69, 9.17) is 5.11 Å². The van der Waals surface area contributed by atoms with Crippen molar-refractivity contribution in [1.82, 2.24) is 0 Å². The molecule has 70 valence electrons. The SMILES string of the molecule is CCCC(=O)O.O=C1CCCO1. The third-order valence-electron chi connectivity index (χ3n) is 1.25. The van der Waals surface area contributed by atoms with Crippen molar-refractivity contribution in [3.05, 3.63) is 0 Å². The molecule has 0 aromatic carbocycles. The Morgan fingerprint density at radius 2 is 2.33 bits per heavy atom. The van der Waals surface area contributed by atoms with Gasteiger partial charge in [0, 0.05) is 12.8 Å². The van der Waals surface area contributed by atoms with Crippen molar-refractivity contribution in [2.45, 2.75) is 32.6 Å². The van der Waals surface area contributed by atoms with Crippen molar-refractivity contribution in [2.75, 3.05) is 6.61 Å². The number of hydrogen-bond acceptors (Lipinski definition) is 3. The van der Waals surface area contributed by atoms with Gasteiger partial charge in [0.05, 0.1) is 6.61 Å². The van der Waals surface area contributed by atoms with E-state index in [1.54, 1.807) is 0 Å². The van der Waals surface area contributed by atoms with E-state index in [-0.39, 0.29) is 5.97 Å². The summed E-state index contributed by atoms with van der Waals surface area (Å²) < 4.78 is 4.51. The molecule has 0 bridgehead atoms. The Bertz CT molecular complexity index is 145. The predicted octanol–water partition coefficient (Wildman–Crippen LogP) is 1.19. The fourth-order valence-corrected chi connectivity index (χ4v) is 0.689. The van der Waals surface area contributed by atoms with E-state index >= 15 is 0 Å². The fourth-order valence-electron chi connectivity index (χ4n) is 0.689. The van der Waals surface area contributed by atoms with Crippen LogP contribution in [0.2, 0.25) is 0 Å². The summed E-state index contributed by atoms with van der Waals surface area (Å²) in [5, 5.41) is 7.91. The topological polar surface area (TPSA) is 63.6 Å². The second-order valence-corrected chi connectivity index (χ2v) is 2.47. The summed E-state index contributed by atoms with van der Waals surface area (Å²) >= 11 is 0. The predicted molar refractivity (Wildman–Crippen MR) is 42.7 cm³/mol. The zero-order valence-electron chi connectivity index (χ0n) is 7.21. The van der Waals surface area contributed by atoms with Crippen LogP contribution >= 0.6 is 0 Å². The van der Waals surface area contributed by atoms with Crippen molar-refractivity contribution in [1.29, 1.82) is 0 Å². The lowest BCUT2D eigenvalue weighted by Gasteiger charge is -1.81. The van der Waals surface area contributed by atoms with Gasteiger partial charge in [0.15, 0.2) is 0 Å². The third-order valence-corrected chi connectivity index (χ3v) is 1.25. The molecule has 1 aliphatic rings. The Morgan fingerprint density at radius 1 is 1.67 bits per heavy atom. The van der Waals surface area contributed by atoms with E-state index in [9.17, 15) is 9.59 Å². The van der Waals surface area contributed by atoms with E-state index < -0.39 is 5.97 Å². The van der Waals surface area contributed by atoms with Gasteiger partial charge in [-0.05, 0) is 12.8 Å². The number of carboxylic acids is 1. The Morgan fingerprint density at radius 3 is 2.42 bits per heavy atom. The third kappa shape index (κ3) is 7.05. The van der Waals surface area contributed by atoms with Crippen LogP contribution in [0.3, 0.4) is 0 Å². The summed E-state index contributed by atoms with van der Waals surface area (Å²) in [7, 11) is 0. The molecule has 1 rings (SSSR count). The Hall–Kier alpha value is -1.06. The molecule has 1 fully saturated rings. The normalized spacial score (nSPS) is 14.6. The molecule has 4 nitrogen and oxygen atoms in total. The van der Waals surface area contributed by atoms with Gasteiger partial charge >= 0.3 is 11.9 Å². The first-order chi connectivity index (χ1) is 5.66. The molecule has 0 amide bonds. The second kappa shape index (κ2) is 6.64. The first kappa shape index (κ1) is 10.9. The van der Waals surface area contributed by atoms with Crippen LogP contribution in [-0.2, 0) is 14.3 Å². The van der Waals surface area contributed by atoms with Crippen molar-refractivity contribution in [3.8, 4) is 0 Å². The maximum Gasteiger partial charge on any atom is 0.305 e. The van der Waals surface area contributed by atoms with Gasteiger partial charge in [-0.1, -0.05) is 6.92 Å². The van der Waals surface area contributed by atoms with Crippen LogP contribution in [0.25, 0.3) is 0 Å². The van der Waals surface area contributed by atoms with Crippen LogP contribution in [0.15, 0.2) is 0 Å². The van der Waals surface area contributed by atoms with Crippen LogP contribution in [0.1, 0.15) is 32.6 Å². The number of carboxylic acid groups (broad SMARTS) is 1. The van der Waals surface area contributed by atoms with Crippen LogP contribution < -0.4 is 0 Å². The maximum atomic E-state index is 10.0. The number of rotatable bonds is 2. The van der Waals surface area contributed by atoms with E-state index in [1.807, 2.05) is 6.92 Å². The number of carbonyl (C=O) groups excluding carboxylic acids is 1. The zero-order valence-corrected chi connectivity index (χ0v) is 7.21. The van der Waals surface area contributed by atoms with Gasteiger partial charge in [-0.2, -0.15) is 0 Å². The molecule has 1 aliphatic heterocycles. The smallest absolute Gasteiger partial charge is 0.305 e. The molecular weight excluding hydrogens is 160 g/mol. The molecule has 12 heavy (non-hydrogen) atoms. The summed E-state index contributed by atoms with van der Waals surface area (Å²) in [5.41, 5.74) is 0. The molecule has 0 aromatic rings. The van der Waals surface area contributed by atoms with Crippen molar-refractivity contribution in [2.24, 2.45) is 0 Å². The van der Waals surface area contributed by atoms with Crippen LogP contribution in [0.4, 0.5) is 0 Å². The van der Waals surface area contributed by atoms with Gasteiger partial charge in [0.25, 0.3) is 0 Å². The molecule has 0 unspecified atom stereocenters. The Labute approximate surface area is 71.5 Å². The lowest BCUT2D eigenvalue weighted by Crippen LogP contribution is -1.90. The quantitative estimate of drug-likeness (QED) is 0.639. The number of esters is 1. The van der Waals surface area contributed by atoms with E-state index in [0.717, 1.165) is 12.8 Å². The zero-order chi connectivity index (χ0) is 9.40. The minimum absolute atomic E-state index is 0.0463. The second-order valence-electron chi connectivity index (χ2n) is 2.47. The lowest BCUT2D eigenvalue weighted by molar-refractivity contribution is -0.138. The summed E-state index contributed by atoms with van der Waals surface area (Å²) in [6, 6.07) is 0. The molecule has 0 aliphatic carbocycles. The highest BCUT2D eigenvalue weighted by atomic mass is 16.5. The van der Waals surface area contributed by atoms with Crippen molar-refractivity contribution >= 4 is 11.9 Å². The molecule has 1 N–H and O–H groups in total. The number of ether oxygens (including phenoxy) is 1. The van der Waals surface area contributed by atoms with Gasteiger partial charge in [0.1, 0.15) is 0 Å². The number of cyclic esters (lactones) is 1. The summed E-state index contributed by atoms with van der Waals surface area (Å²) in [6.07, 6.45) is 2.56. The highest BCUT2D eigenvalue weighted by molar-refractivity contribution is 5.70. The minimum atomic E-state index is -0.711. The average molecular weight is 174 g/mol. The first-order valence-electron chi connectivity index (χ1n) is 4.04. The fraction of sp³-hybridized carbons (Fsp3) is 0.750. The number of aliphatic carboxylic acids is 1.